The fraction of sp³-hybridized carbons (Fsp3) is 0.741. The summed E-state index contributed by atoms with van der Waals surface area (Å²) in [6.45, 7) is 8.32. The Hall–Kier alpha value is -1.67. The van der Waals surface area contributed by atoms with E-state index in [1.165, 1.54) is 31.4 Å². The Bertz CT molecular complexity index is 797. The summed E-state index contributed by atoms with van der Waals surface area (Å²) in [7, 11) is 0. The Morgan fingerprint density at radius 3 is 2.35 bits per heavy atom. The van der Waals surface area contributed by atoms with Gasteiger partial charge in [-0.25, -0.2) is 0 Å². The fourth-order valence-corrected chi connectivity index (χ4v) is 6.49. The standard InChI is InChI=1S/C27H42N4O3/c32-25-4-3-13-30(20-25)26(33)22-5-7-24(8-6-22)29-14-9-23(10-15-29)28-21-27(11-1-2-12-27)31-16-18-34-19-17-31/h5-8,23,25,28,32H,1-4,9-21H2/t25-/m1/s1. The summed E-state index contributed by atoms with van der Waals surface area (Å²) in [4.78, 5) is 19.7. The molecule has 34 heavy (non-hydrogen) atoms. The first kappa shape index (κ1) is 24.0. The average molecular weight is 471 g/mol. The minimum absolute atomic E-state index is 0.0364. The number of amides is 1. The highest BCUT2D eigenvalue weighted by Crippen LogP contribution is 2.35. The molecular formula is C27H42N4O3. The molecule has 7 heteroatoms. The highest BCUT2D eigenvalue weighted by atomic mass is 16.5. The molecule has 0 aromatic heterocycles. The van der Waals surface area contributed by atoms with Gasteiger partial charge in [0, 0.05) is 68.6 Å². The number of hydrogen-bond donors (Lipinski definition) is 2. The molecular weight excluding hydrogens is 428 g/mol. The lowest BCUT2D eigenvalue weighted by atomic mass is 9.93. The predicted octanol–water partition coefficient (Wildman–Crippen LogP) is 2.49. The molecule has 3 saturated heterocycles. The van der Waals surface area contributed by atoms with Gasteiger partial charge >= 0.3 is 0 Å². The lowest BCUT2D eigenvalue weighted by molar-refractivity contribution is -0.0214. The minimum atomic E-state index is -0.385. The van der Waals surface area contributed by atoms with Crippen LogP contribution in [0.4, 0.5) is 5.69 Å². The van der Waals surface area contributed by atoms with Crippen LogP contribution in [0.2, 0.25) is 0 Å². The number of ether oxygens (including phenoxy) is 1. The molecule has 4 fully saturated rings. The van der Waals surface area contributed by atoms with Gasteiger partial charge in [-0.1, -0.05) is 12.8 Å². The second-order valence-electron chi connectivity index (χ2n) is 10.8. The van der Waals surface area contributed by atoms with E-state index in [1.54, 1.807) is 4.90 Å². The normalized spacial score (nSPS) is 26.7. The van der Waals surface area contributed by atoms with E-state index in [4.69, 9.17) is 4.74 Å². The highest BCUT2D eigenvalue weighted by molar-refractivity contribution is 5.94. The van der Waals surface area contributed by atoms with Crippen molar-refractivity contribution in [3.63, 3.8) is 0 Å². The zero-order valence-corrected chi connectivity index (χ0v) is 20.6. The number of β-amino-alcohol motifs (C(OH)–C–C–N with tert-alkyl or cyclic N) is 1. The first-order valence-corrected chi connectivity index (χ1v) is 13.5. The number of aliphatic hydroxyl groups excluding tert-OH is 1. The Kier molecular flexibility index (Phi) is 7.74. The molecule has 7 nitrogen and oxygen atoms in total. The number of likely N-dealkylation sites (tertiary alicyclic amines) is 1. The van der Waals surface area contributed by atoms with Crippen LogP contribution in [-0.4, -0.2) is 97.5 Å². The van der Waals surface area contributed by atoms with Crippen LogP contribution in [0.25, 0.3) is 0 Å². The average Bonchev–Trinajstić information content (AvgIpc) is 3.38. The summed E-state index contributed by atoms with van der Waals surface area (Å²) in [6, 6.07) is 8.67. The van der Waals surface area contributed by atoms with Crippen molar-refractivity contribution in [2.75, 3.05) is 63.9 Å². The first-order chi connectivity index (χ1) is 16.6. The molecule has 1 saturated carbocycles. The summed E-state index contributed by atoms with van der Waals surface area (Å²) in [5, 5.41) is 13.8. The first-order valence-electron chi connectivity index (χ1n) is 13.5. The number of carbonyl (C=O) groups excluding carboxylic acids is 1. The molecule has 3 heterocycles. The summed E-state index contributed by atoms with van der Waals surface area (Å²) in [6.07, 6.45) is 8.95. The molecule has 1 amide bonds. The third-order valence-electron chi connectivity index (χ3n) is 8.59. The van der Waals surface area contributed by atoms with Gasteiger partial charge in [-0.05, 0) is 62.8 Å². The zero-order valence-electron chi connectivity index (χ0n) is 20.6. The van der Waals surface area contributed by atoms with Gasteiger partial charge in [0.1, 0.15) is 0 Å². The Morgan fingerprint density at radius 1 is 0.971 bits per heavy atom. The molecule has 1 atom stereocenters. The topological polar surface area (TPSA) is 68.3 Å². The zero-order chi connectivity index (χ0) is 23.4. The van der Waals surface area contributed by atoms with E-state index < -0.39 is 0 Å². The Morgan fingerprint density at radius 2 is 1.68 bits per heavy atom. The van der Waals surface area contributed by atoms with Gasteiger partial charge in [0.2, 0.25) is 0 Å². The van der Waals surface area contributed by atoms with E-state index in [1.807, 2.05) is 12.1 Å². The van der Waals surface area contributed by atoms with E-state index in [-0.39, 0.29) is 12.0 Å². The van der Waals surface area contributed by atoms with Crippen molar-refractivity contribution < 1.29 is 14.6 Å². The van der Waals surface area contributed by atoms with Crippen molar-refractivity contribution in [2.24, 2.45) is 0 Å². The molecule has 1 aromatic carbocycles. The predicted molar refractivity (Wildman–Crippen MR) is 134 cm³/mol. The van der Waals surface area contributed by atoms with Gasteiger partial charge in [-0.15, -0.1) is 0 Å². The van der Waals surface area contributed by atoms with Crippen LogP contribution in [-0.2, 0) is 4.74 Å². The SMILES string of the molecule is O=C(c1ccc(N2CCC(NCC3(N4CCOCC4)CCCC3)CC2)cc1)N1CCC[C@@H](O)C1. The monoisotopic (exact) mass is 470 g/mol. The smallest absolute Gasteiger partial charge is 0.253 e. The maximum Gasteiger partial charge on any atom is 0.253 e. The van der Waals surface area contributed by atoms with Crippen LogP contribution in [0.5, 0.6) is 0 Å². The van der Waals surface area contributed by atoms with E-state index in [0.717, 1.165) is 83.7 Å². The number of anilines is 1. The van der Waals surface area contributed by atoms with Crippen LogP contribution in [0.15, 0.2) is 24.3 Å². The molecule has 5 rings (SSSR count). The van der Waals surface area contributed by atoms with Crippen molar-refractivity contribution in [3.05, 3.63) is 29.8 Å². The molecule has 4 aliphatic rings. The third kappa shape index (κ3) is 5.43. The Labute approximate surface area is 204 Å². The maximum absolute atomic E-state index is 12.8. The van der Waals surface area contributed by atoms with Crippen LogP contribution in [0.1, 0.15) is 61.7 Å². The lowest BCUT2D eigenvalue weighted by Gasteiger charge is -2.45. The molecule has 0 bridgehead atoms. The number of hydrogen-bond acceptors (Lipinski definition) is 6. The van der Waals surface area contributed by atoms with Crippen LogP contribution < -0.4 is 10.2 Å². The largest absolute Gasteiger partial charge is 0.391 e. The van der Waals surface area contributed by atoms with Crippen LogP contribution in [0, 0.1) is 0 Å². The molecule has 1 aliphatic carbocycles. The number of benzene rings is 1. The number of piperidine rings is 2. The van der Waals surface area contributed by atoms with Crippen molar-refractivity contribution >= 4 is 11.6 Å². The minimum Gasteiger partial charge on any atom is -0.391 e. The number of nitrogens with one attached hydrogen (secondary N) is 1. The van der Waals surface area contributed by atoms with E-state index >= 15 is 0 Å². The van der Waals surface area contributed by atoms with Gasteiger partial charge < -0.3 is 25.0 Å². The number of rotatable bonds is 6. The molecule has 2 N–H and O–H groups in total. The van der Waals surface area contributed by atoms with Gasteiger partial charge in [-0.3, -0.25) is 9.69 Å². The number of aliphatic hydroxyl groups is 1. The molecule has 3 aliphatic heterocycles. The van der Waals surface area contributed by atoms with E-state index in [0.29, 0.717) is 18.1 Å². The highest BCUT2D eigenvalue weighted by Gasteiger charge is 2.40. The third-order valence-corrected chi connectivity index (χ3v) is 8.59. The van der Waals surface area contributed by atoms with Gasteiger partial charge in [0.05, 0.1) is 19.3 Å². The summed E-state index contributed by atoms with van der Waals surface area (Å²) < 4.78 is 5.61. The second kappa shape index (κ2) is 10.9. The molecule has 1 aromatic rings. The number of morpholine rings is 1. The van der Waals surface area contributed by atoms with Crippen molar-refractivity contribution in [1.29, 1.82) is 0 Å². The van der Waals surface area contributed by atoms with Gasteiger partial charge in [-0.2, -0.15) is 0 Å². The summed E-state index contributed by atoms with van der Waals surface area (Å²) in [5.74, 6) is 0.0364. The summed E-state index contributed by atoms with van der Waals surface area (Å²) in [5.41, 5.74) is 2.27. The van der Waals surface area contributed by atoms with Gasteiger partial charge in [0.15, 0.2) is 0 Å². The summed E-state index contributed by atoms with van der Waals surface area (Å²) >= 11 is 0. The van der Waals surface area contributed by atoms with Crippen LogP contribution >= 0.6 is 0 Å². The molecule has 0 radical (unpaired) electrons. The van der Waals surface area contributed by atoms with Crippen LogP contribution in [0.3, 0.4) is 0 Å². The Balaban J connectivity index is 1.11. The fourth-order valence-electron chi connectivity index (χ4n) is 6.49. The molecule has 0 unspecified atom stereocenters. The second-order valence-corrected chi connectivity index (χ2v) is 10.8. The van der Waals surface area contributed by atoms with E-state index in [9.17, 15) is 9.90 Å². The number of carbonyl (C=O) groups is 1. The van der Waals surface area contributed by atoms with Crippen molar-refractivity contribution in [3.8, 4) is 0 Å². The number of nitrogens with zero attached hydrogens (tertiary/aromatic N) is 3. The van der Waals surface area contributed by atoms with Crippen molar-refractivity contribution in [1.82, 2.24) is 15.1 Å². The molecule has 188 valence electrons. The van der Waals surface area contributed by atoms with Crippen molar-refractivity contribution in [2.45, 2.75) is 69.1 Å². The quantitative estimate of drug-likeness (QED) is 0.666. The molecule has 0 spiro atoms. The van der Waals surface area contributed by atoms with E-state index in [2.05, 4.69) is 27.2 Å². The van der Waals surface area contributed by atoms with Gasteiger partial charge in [0.25, 0.3) is 5.91 Å². The lowest BCUT2D eigenvalue weighted by Crippen LogP contribution is -2.58. The maximum atomic E-state index is 12.8.